The minimum atomic E-state index is -3.62. The molecular formula is C12H15Br2NO4S2. The smallest absolute Gasteiger partial charge is 0.307 e. The van der Waals surface area contributed by atoms with E-state index < -0.39 is 10.0 Å². The van der Waals surface area contributed by atoms with E-state index in [1.165, 1.54) is 22.8 Å². The zero-order valence-electron chi connectivity index (χ0n) is 11.3. The second-order valence-corrected chi connectivity index (χ2v) is 10.3. The molecule has 2 rings (SSSR count). The lowest BCUT2D eigenvalue weighted by molar-refractivity contribution is -0.141. The normalized spacial score (nSPS) is 20.4. The number of carbonyl (C=O) groups excluding carboxylic acids is 1. The number of esters is 1. The van der Waals surface area contributed by atoms with E-state index in [-0.39, 0.29) is 23.3 Å². The third-order valence-corrected chi connectivity index (χ3v) is 8.12. The summed E-state index contributed by atoms with van der Waals surface area (Å²) in [5.74, 6) is -0.382. The molecule has 1 fully saturated rings. The van der Waals surface area contributed by atoms with E-state index in [4.69, 9.17) is 0 Å². The van der Waals surface area contributed by atoms with Crippen LogP contribution in [0.4, 0.5) is 0 Å². The van der Waals surface area contributed by atoms with Crippen molar-refractivity contribution in [2.24, 2.45) is 0 Å². The number of hydrogen-bond acceptors (Lipinski definition) is 5. The summed E-state index contributed by atoms with van der Waals surface area (Å²) in [6, 6.07) is 1.26. The quantitative estimate of drug-likeness (QED) is 0.646. The average Bonchev–Trinajstić information content (AvgIpc) is 2.78. The third kappa shape index (κ3) is 3.87. The number of hydrogen-bond donors (Lipinski definition) is 0. The first-order chi connectivity index (χ1) is 9.86. The van der Waals surface area contributed by atoms with Gasteiger partial charge in [-0.2, -0.15) is 4.31 Å². The molecule has 0 aliphatic carbocycles. The van der Waals surface area contributed by atoms with Crippen LogP contribution in [-0.4, -0.2) is 38.4 Å². The highest BCUT2D eigenvalue weighted by Crippen LogP contribution is 2.38. The fourth-order valence-electron chi connectivity index (χ4n) is 2.40. The summed E-state index contributed by atoms with van der Waals surface area (Å²) in [6.07, 6.45) is 2.50. The Hall–Kier alpha value is 0.0400. The minimum absolute atomic E-state index is 0.0959. The number of thiophene rings is 1. The molecule has 0 amide bonds. The van der Waals surface area contributed by atoms with Crippen molar-refractivity contribution >= 4 is 59.2 Å². The number of nitrogens with zero attached hydrogens (tertiary/aromatic N) is 1. The van der Waals surface area contributed by atoms with Crippen LogP contribution in [-0.2, 0) is 19.6 Å². The Bertz CT molecular complexity index is 629. The number of carbonyl (C=O) groups is 1. The van der Waals surface area contributed by atoms with Gasteiger partial charge < -0.3 is 4.74 Å². The van der Waals surface area contributed by atoms with Crippen LogP contribution in [0.25, 0.3) is 0 Å². The number of piperidine rings is 1. The molecule has 0 bridgehead atoms. The van der Waals surface area contributed by atoms with Gasteiger partial charge in [0.05, 0.1) is 21.1 Å². The van der Waals surface area contributed by atoms with Gasteiger partial charge in [-0.05, 0) is 50.8 Å². The monoisotopic (exact) mass is 459 g/mol. The Kier molecular flexibility index (Phi) is 5.86. The van der Waals surface area contributed by atoms with Crippen molar-refractivity contribution in [3.8, 4) is 0 Å². The van der Waals surface area contributed by atoms with Crippen molar-refractivity contribution in [1.82, 2.24) is 4.31 Å². The number of methoxy groups -OCH3 is 1. The van der Waals surface area contributed by atoms with Crippen LogP contribution in [0.3, 0.4) is 0 Å². The Balaban J connectivity index is 2.31. The first kappa shape index (κ1) is 17.4. The molecule has 0 saturated carbocycles. The van der Waals surface area contributed by atoms with Crippen molar-refractivity contribution in [2.45, 2.75) is 36.6 Å². The highest BCUT2D eigenvalue weighted by Gasteiger charge is 2.36. The Morgan fingerprint density at radius 3 is 2.76 bits per heavy atom. The van der Waals surface area contributed by atoms with Gasteiger partial charge in [-0.3, -0.25) is 4.79 Å². The molecule has 118 valence electrons. The SMILES string of the molecule is COC(=O)CC1CCCCN1S(=O)(=O)c1cc(Br)sc1Br. The van der Waals surface area contributed by atoms with E-state index in [1.54, 1.807) is 6.07 Å². The average molecular weight is 461 g/mol. The van der Waals surface area contributed by atoms with E-state index in [9.17, 15) is 13.2 Å². The van der Waals surface area contributed by atoms with Gasteiger partial charge in [0.25, 0.3) is 0 Å². The summed E-state index contributed by atoms with van der Waals surface area (Å²) < 4.78 is 33.1. The van der Waals surface area contributed by atoms with E-state index in [0.29, 0.717) is 16.8 Å². The van der Waals surface area contributed by atoms with Crippen molar-refractivity contribution in [3.63, 3.8) is 0 Å². The van der Waals surface area contributed by atoms with Crippen molar-refractivity contribution in [1.29, 1.82) is 0 Å². The lowest BCUT2D eigenvalue weighted by Gasteiger charge is -2.33. The number of halogens is 2. The van der Waals surface area contributed by atoms with E-state index >= 15 is 0 Å². The molecule has 1 atom stereocenters. The van der Waals surface area contributed by atoms with Crippen molar-refractivity contribution < 1.29 is 17.9 Å². The molecule has 1 saturated heterocycles. The van der Waals surface area contributed by atoms with Gasteiger partial charge in [-0.15, -0.1) is 11.3 Å². The van der Waals surface area contributed by atoms with Crippen LogP contribution in [0, 0.1) is 0 Å². The Morgan fingerprint density at radius 1 is 1.48 bits per heavy atom. The topological polar surface area (TPSA) is 63.7 Å². The van der Waals surface area contributed by atoms with Gasteiger partial charge in [0.1, 0.15) is 4.90 Å². The molecule has 21 heavy (non-hydrogen) atoms. The van der Waals surface area contributed by atoms with E-state index in [0.717, 1.165) is 16.6 Å². The Morgan fingerprint density at radius 2 is 2.19 bits per heavy atom. The maximum atomic E-state index is 12.8. The molecule has 9 heteroatoms. The van der Waals surface area contributed by atoms with Crippen LogP contribution in [0.15, 0.2) is 18.5 Å². The zero-order chi connectivity index (χ0) is 15.6. The fourth-order valence-corrected chi connectivity index (χ4v) is 7.85. The molecule has 1 aliphatic heterocycles. The standard InChI is InChI=1S/C12H15Br2NO4S2/c1-19-11(16)6-8-4-2-3-5-15(8)21(17,18)9-7-10(13)20-12(9)14/h7-8H,2-6H2,1H3. The maximum absolute atomic E-state index is 12.8. The largest absolute Gasteiger partial charge is 0.469 e. The van der Waals surface area contributed by atoms with Gasteiger partial charge in [-0.1, -0.05) is 6.42 Å². The summed E-state index contributed by atoms with van der Waals surface area (Å²) in [6.45, 7) is 0.434. The lowest BCUT2D eigenvalue weighted by atomic mass is 10.0. The summed E-state index contributed by atoms with van der Waals surface area (Å²) >= 11 is 7.91. The summed E-state index contributed by atoms with van der Waals surface area (Å²) in [4.78, 5) is 11.7. The second-order valence-electron chi connectivity index (χ2n) is 4.73. The van der Waals surface area contributed by atoms with Crippen LogP contribution in [0.1, 0.15) is 25.7 Å². The summed E-state index contributed by atoms with van der Waals surface area (Å²) in [7, 11) is -2.30. The van der Waals surface area contributed by atoms with Crippen LogP contribution in [0.5, 0.6) is 0 Å². The first-order valence-corrected chi connectivity index (χ1v) is 10.2. The summed E-state index contributed by atoms with van der Waals surface area (Å²) in [5.41, 5.74) is 0. The third-order valence-electron chi connectivity index (χ3n) is 3.42. The fraction of sp³-hybridized carbons (Fsp3) is 0.583. The van der Waals surface area contributed by atoms with E-state index in [1.807, 2.05) is 0 Å². The molecule has 0 radical (unpaired) electrons. The summed E-state index contributed by atoms with van der Waals surface area (Å²) in [5, 5.41) is 0. The molecule has 1 aromatic heterocycles. The van der Waals surface area contributed by atoms with Crippen LogP contribution in [0.2, 0.25) is 0 Å². The zero-order valence-corrected chi connectivity index (χ0v) is 16.1. The molecule has 1 aromatic rings. The Labute approximate surface area is 145 Å². The predicted molar refractivity (Wildman–Crippen MR) is 87.9 cm³/mol. The molecule has 0 spiro atoms. The highest BCUT2D eigenvalue weighted by molar-refractivity contribution is 9.12. The molecular weight excluding hydrogens is 446 g/mol. The van der Waals surface area contributed by atoms with E-state index in [2.05, 4.69) is 36.6 Å². The van der Waals surface area contributed by atoms with Gasteiger partial charge in [0, 0.05) is 12.6 Å². The minimum Gasteiger partial charge on any atom is -0.469 e. The number of rotatable bonds is 4. The molecule has 0 N–H and O–H groups in total. The van der Waals surface area contributed by atoms with Gasteiger partial charge >= 0.3 is 5.97 Å². The van der Waals surface area contributed by atoms with Crippen molar-refractivity contribution in [2.75, 3.05) is 13.7 Å². The van der Waals surface area contributed by atoms with Gasteiger partial charge in [0.2, 0.25) is 10.0 Å². The number of sulfonamides is 1. The predicted octanol–water partition coefficient (Wildman–Crippen LogP) is 3.38. The second kappa shape index (κ2) is 7.08. The van der Waals surface area contributed by atoms with Gasteiger partial charge in [0.15, 0.2) is 0 Å². The van der Waals surface area contributed by atoms with Crippen molar-refractivity contribution in [3.05, 3.63) is 13.6 Å². The highest BCUT2D eigenvalue weighted by atomic mass is 79.9. The molecule has 0 aromatic carbocycles. The number of ether oxygens (including phenoxy) is 1. The lowest BCUT2D eigenvalue weighted by Crippen LogP contribution is -2.44. The molecule has 5 nitrogen and oxygen atoms in total. The first-order valence-electron chi connectivity index (χ1n) is 6.39. The van der Waals surface area contributed by atoms with Gasteiger partial charge in [-0.25, -0.2) is 8.42 Å². The van der Waals surface area contributed by atoms with Crippen LogP contribution >= 0.6 is 43.2 Å². The molecule has 1 unspecified atom stereocenters. The molecule has 2 heterocycles. The molecule has 1 aliphatic rings. The maximum Gasteiger partial charge on any atom is 0.307 e. The van der Waals surface area contributed by atoms with Crippen LogP contribution < -0.4 is 0 Å².